The van der Waals surface area contributed by atoms with E-state index < -0.39 is 0 Å². The number of aryl methyl sites for hydroxylation is 1. The van der Waals surface area contributed by atoms with Crippen LogP contribution in [0.3, 0.4) is 0 Å². The number of thioether (sulfide) groups is 1. The number of aromatic nitrogens is 2. The zero-order valence-corrected chi connectivity index (χ0v) is 10.9. The van der Waals surface area contributed by atoms with Gasteiger partial charge in [0.05, 0.1) is 0 Å². The van der Waals surface area contributed by atoms with Gasteiger partial charge in [0.1, 0.15) is 11.7 Å². The molecular weight excluding hydrogens is 252 g/mol. The van der Waals surface area contributed by atoms with Crippen LogP contribution in [0, 0.1) is 12.3 Å². The number of benzene rings is 1. The molecule has 6 heteroatoms. The number of amidine groups is 1. The minimum Gasteiger partial charge on any atom is -0.384 e. The second kappa shape index (κ2) is 5.29. The van der Waals surface area contributed by atoms with Crippen LogP contribution in [0.1, 0.15) is 17.0 Å². The molecule has 4 nitrogen and oxygen atoms in total. The number of nitrogens with zero attached hydrogens (tertiary/aromatic N) is 2. The Balaban J connectivity index is 1.97. The molecule has 0 spiro atoms. The van der Waals surface area contributed by atoms with Crippen molar-refractivity contribution in [2.45, 2.75) is 17.0 Å². The monoisotopic (exact) mass is 264 g/mol. The molecule has 0 saturated heterocycles. The van der Waals surface area contributed by atoms with Gasteiger partial charge >= 0.3 is 0 Å². The van der Waals surface area contributed by atoms with E-state index >= 15 is 0 Å². The first-order valence-electron chi connectivity index (χ1n) is 5.01. The van der Waals surface area contributed by atoms with Gasteiger partial charge < -0.3 is 5.73 Å². The van der Waals surface area contributed by atoms with Crippen LogP contribution in [0.25, 0.3) is 0 Å². The SMILES string of the molecule is Cc1nsc(SCc2ccc(C(=N)N)cc2)n1. The smallest absolute Gasteiger partial charge is 0.170 e. The summed E-state index contributed by atoms with van der Waals surface area (Å²) in [4.78, 5) is 4.29. The molecule has 1 aromatic carbocycles. The summed E-state index contributed by atoms with van der Waals surface area (Å²) in [5, 5.41) is 7.30. The minimum atomic E-state index is 0.101. The third-order valence-corrected chi connectivity index (χ3v) is 4.13. The lowest BCUT2D eigenvalue weighted by Crippen LogP contribution is -2.10. The van der Waals surface area contributed by atoms with Crippen LogP contribution in [-0.4, -0.2) is 15.2 Å². The molecule has 2 aromatic rings. The molecule has 2 rings (SSSR count). The van der Waals surface area contributed by atoms with Gasteiger partial charge in [-0.3, -0.25) is 5.41 Å². The van der Waals surface area contributed by atoms with E-state index in [4.69, 9.17) is 11.1 Å². The maximum absolute atomic E-state index is 7.30. The van der Waals surface area contributed by atoms with Crippen molar-refractivity contribution in [1.82, 2.24) is 9.36 Å². The lowest BCUT2D eigenvalue weighted by molar-refractivity contribution is 1.10. The number of hydrogen-bond acceptors (Lipinski definition) is 5. The van der Waals surface area contributed by atoms with E-state index in [9.17, 15) is 0 Å². The molecule has 0 atom stereocenters. The van der Waals surface area contributed by atoms with Crippen molar-refractivity contribution < 1.29 is 0 Å². The standard InChI is InChI=1S/C11H12N4S2/c1-7-14-11(17-15-7)16-6-8-2-4-9(5-3-8)10(12)13/h2-5H,6H2,1H3,(H3,12,13). The van der Waals surface area contributed by atoms with E-state index in [-0.39, 0.29) is 5.84 Å². The molecule has 0 fully saturated rings. The molecule has 0 aliphatic heterocycles. The van der Waals surface area contributed by atoms with E-state index in [0.717, 1.165) is 21.5 Å². The molecule has 1 heterocycles. The van der Waals surface area contributed by atoms with E-state index in [1.54, 1.807) is 11.8 Å². The summed E-state index contributed by atoms with van der Waals surface area (Å²) in [5.41, 5.74) is 7.34. The van der Waals surface area contributed by atoms with Crippen LogP contribution in [0.15, 0.2) is 28.6 Å². The van der Waals surface area contributed by atoms with Crippen molar-refractivity contribution in [3.05, 3.63) is 41.2 Å². The number of nitrogens with one attached hydrogen (secondary N) is 1. The fourth-order valence-electron chi connectivity index (χ4n) is 1.26. The first-order valence-corrected chi connectivity index (χ1v) is 6.77. The maximum atomic E-state index is 7.30. The molecule has 0 aliphatic rings. The Morgan fingerprint density at radius 2 is 2.12 bits per heavy atom. The molecule has 17 heavy (non-hydrogen) atoms. The van der Waals surface area contributed by atoms with Crippen molar-refractivity contribution in [2.24, 2.45) is 5.73 Å². The highest BCUT2D eigenvalue weighted by Crippen LogP contribution is 2.24. The number of rotatable bonds is 4. The van der Waals surface area contributed by atoms with E-state index in [1.807, 2.05) is 31.2 Å². The summed E-state index contributed by atoms with van der Waals surface area (Å²) in [6.45, 7) is 1.89. The molecule has 0 aliphatic carbocycles. The average molecular weight is 264 g/mol. The fraction of sp³-hybridized carbons (Fsp3) is 0.182. The molecule has 0 radical (unpaired) electrons. The third-order valence-electron chi connectivity index (χ3n) is 2.14. The Kier molecular flexibility index (Phi) is 3.75. The van der Waals surface area contributed by atoms with Crippen LogP contribution in [0.5, 0.6) is 0 Å². The molecular formula is C11H12N4S2. The lowest BCUT2D eigenvalue weighted by Gasteiger charge is -2.01. The van der Waals surface area contributed by atoms with Gasteiger partial charge in [0, 0.05) is 11.3 Å². The summed E-state index contributed by atoms with van der Waals surface area (Å²) in [6.07, 6.45) is 0. The van der Waals surface area contributed by atoms with Gasteiger partial charge in [0.15, 0.2) is 4.34 Å². The molecule has 0 saturated carbocycles. The van der Waals surface area contributed by atoms with Crippen molar-refractivity contribution in [2.75, 3.05) is 0 Å². The second-order valence-electron chi connectivity index (χ2n) is 3.51. The average Bonchev–Trinajstić information content (AvgIpc) is 2.73. The third kappa shape index (κ3) is 3.28. The van der Waals surface area contributed by atoms with Crippen LogP contribution >= 0.6 is 23.3 Å². The molecule has 1 aromatic heterocycles. The van der Waals surface area contributed by atoms with Gasteiger partial charge in [-0.2, -0.15) is 4.37 Å². The molecule has 0 amide bonds. The summed E-state index contributed by atoms with van der Waals surface area (Å²) >= 11 is 3.09. The summed E-state index contributed by atoms with van der Waals surface area (Å²) < 4.78 is 5.12. The van der Waals surface area contributed by atoms with Crippen LogP contribution in [-0.2, 0) is 5.75 Å². The number of nitrogen functional groups attached to an aromatic ring is 1. The van der Waals surface area contributed by atoms with Crippen molar-refractivity contribution >= 4 is 29.1 Å². The Morgan fingerprint density at radius 1 is 1.41 bits per heavy atom. The highest BCUT2D eigenvalue weighted by molar-refractivity contribution is 8.00. The minimum absolute atomic E-state index is 0.101. The van der Waals surface area contributed by atoms with Gasteiger partial charge in [-0.25, -0.2) is 4.98 Å². The topological polar surface area (TPSA) is 75.7 Å². The first kappa shape index (κ1) is 12.1. The first-order chi connectivity index (χ1) is 8.15. The van der Waals surface area contributed by atoms with Gasteiger partial charge in [0.2, 0.25) is 0 Å². The predicted octanol–water partition coefficient (Wildman–Crippen LogP) is 2.42. The van der Waals surface area contributed by atoms with Crippen LogP contribution in [0.4, 0.5) is 0 Å². The van der Waals surface area contributed by atoms with Crippen molar-refractivity contribution in [1.29, 1.82) is 5.41 Å². The second-order valence-corrected chi connectivity index (χ2v) is 5.48. The van der Waals surface area contributed by atoms with Gasteiger partial charge in [0.25, 0.3) is 0 Å². The van der Waals surface area contributed by atoms with Gasteiger partial charge in [-0.05, 0) is 24.0 Å². The molecule has 3 N–H and O–H groups in total. The maximum Gasteiger partial charge on any atom is 0.170 e. The van der Waals surface area contributed by atoms with E-state index in [2.05, 4.69) is 9.36 Å². The Bertz CT molecular complexity index is 519. The largest absolute Gasteiger partial charge is 0.384 e. The Labute approximate surface area is 108 Å². The Hall–Kier alpha value is -1.40. The summed E-state index contributed by atoms with van der Waals surface area (Å²) in [5.74, 6) is 1.78. The molecule has 0 unspecified atom stereocenters. The zero-order valence-electron chi connectivity index (χ0n) is 9.30. The highest BCUT2D eigenvalue weighted by Gasteiger charge is 2.02. The zero-order chi connectivity index (χ0) is 12.3. The summed E-state index contributed by atoms with van der Waals surface area (Å²) in [6, 6.07) is 7.70. The van der Waals surface area contributed by atoms with E-state index in [0.29, 0.717) is 0 Å². The van der Waals surface area contributed by atoms with Crippen LogP contribution in [0.2, 0.25) is 0 Å². The van der Waals surface area contributed by atoms with Crippen LogP contribution < -0.4 is 5.73 Å². The lowest BCUT2D eigenvalue weighted by atomic mass is 10.1. The molecule has 88 valence electrons. The fourth-order valence-corrected chi connectivity index (χ4v) is 2.86. The van der Waals surface area contributed by atoms with Gasteiger partial charge in [-0.1, -0.05) is 36.0 Å². The predicted molar refractivity (Wildman–Crippen MR) is 71.7 cm³/mol. The number of hydrogen-bond donors (Lipinski definition) is 2. The Morgan fingerprint density at radius 3 is 2.65 bits per heavy atom. The van der Waals surface area contributed by atoms with E-state index in [1.165, 1.54) is 17.1 Å². The van der Waals surface area contributed by atoms with Gasteiger partial charge in [-0.15, -0.1) is 0 Å². The highest BCUT2D eigenvalue weighted by atomic mass is 32.2. The number of nitrogens with two attached hydrogens (primary N) is 1. The van der Waals surface area contributed by atoms with Crippen molar-refractivity contribution in [3.8, 4) is 0 Å². The van der Waals surface area contributed by atoms with Crippen molar-refractivity contribution in [3.63, 3.8) is 0 Å². The quantitative estimate of drug-likeness (QED) is 0.505. The molecule has 0 bridgehead atoms. The normalized spacial score (nSPS) is 10.4. The summed E-state index contributed by atoms with van der Waals surface area (Å²) in [7, 11) is 0.